The number of halogens is 3. The molecule has 0 aliphatic rings. The number of nitrogens with two attached hydrogens (primary N) is 3. The average molecular weight is 364 g/mol. The summed E-state index contributed by atoms with van der Waals surface area (Å²) in [6, 6.07) is 0. The van der Waals surface area contributed by atoms with Gasteiger partial charge in [0.2, 0.25) is 0 Å². The molecule has 0 aromatic heterocycles. The standard InChI is InChI=1S/C3H12N3P.3BrH/c4-1-7(2-5)3-6;;;/h1-6H2;3*1H. The highest BCUT2D eigenvalue weighted by atomic mass is 79.9. The Morgan fingerprint density at radius 2 is 0.900 bits per heavy atom. The lowest BCUT2D eigenvalue weighted by atomic mass is 11.5. The highest BCUT2D eigenvalue weighted by molar-refractivity contribution is 8.93. The maximum absolute atomic E-state index is 5.26. The summed E-state index contributed by atoms with van der Waals surface area (Å²) in [5, 5.41) is 0. The van der Waals surface area contributed by atoms with Crippen molar-refractivity contribution in [1.82, 2.24) is 0 Å². The quantitative estimate of drug-likeness (QED) is 0.653. The minimum atomic E-state index is -0.221. The van der Waals surface area contributed by atoms with E-state index in [1.54, 1.807) is 0 Å². The van der Waals surface area contributed by atoms with Gasteiger partial charge in [-0.25, -0.2) is 0 Å². The van der Waals surface area contributed by atoms with E-state index in [1.165, 1.54) is 0 Å². The lowest BCUT2D eigenvalue weighted by molar-refractivity contribution is 1.24. The molecule has 0 aromatic carbocycles. The van der Waals surface area contributed by atoms with E-state index in [-0.39, 0.29) is 58.9 Å². The van der Waals surface area contributed by atoms with E-state index >= 15 is 0 Å². The Labute approximate surface area is 94.5 Å². The molecule has 10 heavy (non-hydrogen) atoms. The van der Waals surface area contributed by atoms with Gasteiger partial charge < -0.3 is 17.2 Å². The van der Waals surface area contributed by atoms with Crippen LogP contribution in [0.5, 0.6) is 0 Å². The van der Waals surface area contributed by atoms with E-state index in [0.717, 1.165) is 0 Å². The molecule has 7 heteroatoms. The summed E-state index contributed by atoms with van der Waals surface area (Å²) in [7, 11) is -0.221. The van der Waals surface area contributed by atoms with Gasteiger partial charge in [0, 0.05) is 18.9 Å². The fraction of sp³-hybridized carbons (Fsp3) is 1.00. The SMILES string of the molecule is Br.Br.Br.NCP(CN)CN. The normalized spacial score (nSPS) is 7.20. The molecule has 0 aliphatic carbocycles. The van der Waals surface area contributed by atoms with Crippen LogP contribution in [0, 0.1) is 0 Å². The van der Waals surface area contributed by atoms with Gasteiger partial charge >= 0.3 is 0 Å². The maximum atomic E-state index is 5.26. The molecule has 6 N–H and O–H groups in total. The average Bonchev–Trinajstić information content (AvgIpc) is 1.72. The van der Waals surface area contributed by atoms with E-state index in [0.29, 0.717) is 18.9 Å². The van der Waals surface area contributed by atoms with Crippen LogP contribution in [0.15, 0.2) is 0 Å². The third-order valence-corrected chi connectivity index (χ3v) is 2.32. The van der Waals surface area contributed by atoms with Crippen molar-refractivity contribution in [2.75, 3.05) is 18.9 Å². The Morgan fingerprint density at radius 3 is 0.900 bits per heavy atom. The zero-order chi connectivity index (χ0) is 5.70. The van der Waals surface area contributed by atoms with Gasteiger partial charge in [-0.3, -0.25) is 0 Å². The summed E-state index contributed by atoms with van der Waals surface area (Å²) in [6.07, 6.45) is 2.01. The highest BCUT2D eigenvalue weighted by Gasteiger charge is 1.95. The van der Waals surface area contributed by atoms with E-state index < -0.39 is 0 Å². The van der Waals surface area contributed by atoms with E-state index in [2.05, 4.69) is 0 Å². The smallest absolute Gasteiger partial charge is 0.0151 e. The van der Waals surface area contributed by atoms with Crippen LogP contribution in [0.3, 0.4) is 0 Å². The Balaban J connectivity index is -0.0000000600. The molecule has 0 radical (unpaired) electrons. The summed E-state index contributed by atoms with van der Waals surface area (Å²) in [5.41, 5.74) is 15.8. The van der Waals surface area contributed by atoms with Crippen LogP contribution in [-0.2, 0) is 0 Å². The van der Waals surface area contributed by atoms with Crippen molar-refractivity contribution in [3.63, 3.8) is 0 Å². The molecule has 68 valence electrons. The molecule has 0 fully saturated rings. The molecule has 0 heterocycles. The number of rotatable bonds is 3. The maximum Gasteiger partial charge on any atom is 0.0151 e. The van der Waals surface area contributed by atoms with Crippen molar-refractivity contribution in [1.29, 1.82) is 0 Å². The van der Waals surface area contributed by atoms with Crippen LogP contribution in [0.4, 0.5) is 0 Å². The zero-order valence-electron chi connectivity index (χ0n) is 5.53. The first-order chi connectivity index (χ1) is 3.35. The number of hydrogen-bond acceptors (Lipinski definition) is 3. The first-order valence-corrected chi connectivity index (χ1v) is 4.07. The second kappa shape index (κ2) is 17.0. The largest absolute Gasteiger partial charge is 0.327 e. The summed E-state index contributed by atoms with van der Waals surface area (Å²) in [4.78, 5) is 0. The summed E-state index contributed by atoms with van der Waals surface area (Å²) >= 11 is 0. The molecular formula is C3H15Br3N3P. The van der Waals surface area contributed by atoms with Gasteiger partial charge in [-0.1, -0.05) is 7.92 Å². The Bertz CT molecular complexity index is 40.5. The fourth-order valence-electron chi connectivity index (χ4n) is 0.224. The lowest BCUT2D eigenvalue weighted by Crippen LogP contribution is -2.12. The minimum absolute atomic E-state index is 0. The fourth-order valence-corrected chi connectivity index (χ4v) is 0.671. The molecule has 0 aromatic rings. The van der Waals surface area contributed by atoms with Crippen molar-refractivity contribution >= 4 is 58.9 Å². The van der Waals surface area contributed by atoms with Crippen LogP contribution in [0.1, 0.15) is 0 Å². The van der Waals surface area contributed by atoms with Crippen molar-refractivity contribution in [2.24, 2.45) is 17.2 Å². The van der Waals surface area contributed by atoms with Gasteiger partial charge in [0.1, 0.15) is 0 Å². The van der Waals surface area contributed by atoms with Gasteiger partial charge in [0.25, 0.3) is 0 Å². The van der Waals surface area contributed by atoms with Crippen LogP contribution in [0.25, 0.3) is 0 Å². The van der Waals surface area contributed by atoms with Crippen molar-refractivity contribution in [2.45, 2.75) is 0 Å². The van der Waals surface area contributed by atoms with Gasteiger partial charge in [-0.15, -0.1) is 50.9 Å². The van der Waals surface area contributed by atoms with Gasteiger partial charge in [0.05, 0.1) is 0 Å². The van der Waals surface area contributed by atoms with Gasteiger partial charge in [-0.05, 0) is 0 Å². The van der Waals surface area contributed by atoms with Crippen molar-refractivity contribution in [3.8, 4) is 0 Å². The van der Waals surface area contributed by atoms with E-state index in [1.807, 2.05) is 0 Å². The zero-order valence-corrected chi connectivity index (χ0v) is 11.6. The first-order valence-electron chi connectivity index (χ1n) is 2.17. The van der Waals surface area contributed by atoms with Crippen LogP contribution in [0.2, 0.25) is 0 Å². The topological polar surface area (TPSA) is 78.1 Å². The van der Waals surface area contributed by atoms with E-state index in [9.17, 15) is 0 Å². The monoisotopic (exact) mass is 361 g/mol. The molecule has 0 amide bonds. The van der Waals surface area contributed by atoms with Crippen LogP contribution < -0.4 is 17.2 Å². The van der Waals surface area contributed by atoms with Crippen molar-refractivity contribution < 1.29 is 0 Å². The minimum Gasteiger partial charge on any atom is -0.327 e. The Kier molecular flexibility index (Phi) is 38.5. The highest BCUT2D eigenvalue weighted by Crippen LogP contribution is 2.26. The summed E-state index contributed by atoms with van der Waals surface area (Å²) in [6.45, 7) is 0. The molecular weight excluding hydrogens is 349 g/mol. The molecule has 0 saturated heterocycles. The van der Waals surface area contributed by atoms with Gasteiger partial charge in [-0.2, -0.15) is 0 Å². The molecule has 0 atom stereocenters. The predicted octanol–water partition coefficient (Wildman–Crippen LogP) is 0.951. The van der Waals surface area contributed by atoms with Crippen LogP contribution >= 0.6 is 58.9 Å². The van der Waals surface area contributed by atoms with E-state index in [4.69, 9.17) is 17.2 Å². The molecule has 0 bridgehead atoms. The lowest BCUT2D eigenvalue weighted by Gasteiger charge is -2.06. The Morgan fingerprint density at radius 1 is 0.700 bits per heavy atom. The second-order valence-electron chi connectivity index (χ2n) is 1.22. The van der Waals surface area contributed by atoms with Gasteiger partial charge in [0.15, 0.2) is 0 Å². The molecule has 0 aliphatic heterocycles. The predicted molar refractivity (Wildman–Crippen MR) is 65.0 cm³/mol. The molecule has 0 spiro atoms. The van der Waals surface area contributed by atoms with Crippen LogP contribution in [-0.4, -0.2) is 18.9 Å². The molecule has 3 nitrogen and oxygen atoms in total. The molecule has 0 saturated carbocycles. The summed E-state index contributed by atoms with van der Waals surface area (Å²) in [5.74, 6) is 0. The Hall–Kier alpha value is 1.75. The van der Waals surface area contributed by atoms with Crippen molar-refractivity contribution in [3.05, 3.63) is 0 Å². The third-order valence-electron chi connectivity index (χ3n) is 0.775. The number of hydrogen-bond donors (Lipinski definition) is 3. The molecule has 0 rings (SSSR count). The summed E-state index contributed by atoms with van der Waals surface area (Å²) < 4.78 is 0. The first kappa shape index (κ1) is 22.6. The second-order valence-corrected chi connectivity index (χ2v) is 3.66. The molecule has 0 unspecified atom stereocenters. The third kappa shape index (κ3) is 12.4.